The van der Waals surface area contributed by atoms with Crippen molar-refractivity contribution in [3.8, 4) is 0 Å². The van der Waals surface area contributed by atoms with Crippen LogP contribution in [0, 0.1) is 0 Å². The number of nitrogens with one attached hydrogen (secondary N) is 1. The van der Waals surface area contributed by atoms with Crippen LogP contribution in [0.25, 0.3) is 10.9 Å². The summed E-state index contributed by atoms with van der Waals surface area (Å²) >= 11 is 5.81. The first kappa shape index (κ1) is 35.8. The molecular weight excluding hydrogens is 638 g/mol. The molecule has 1 aromatic heterocycles. The lowest BCUT2D eigenvalue weighted by Gasteiger charge is -2.40. The van der Waals surface area contributed by atoms with Crippen molar-refractivity contribution >= 4 is 77.5 Å². The highest BCUT2D eigenvalue weighted by atomic mass is 35.5. The van der Waals surface area contributed by atoms with E-state index in [1.54, 1.807) is 16.7 Å². The van der Waals surface area contributed by atoms with E-state index in [0.29, 0.717) is 22.2 Å². The number of carbonyl (C=O) groups excluding carboxylic acids is 1. The molecule has 4 aromatic rings. The van der Waals surface area contributed by atoms with Gasteiger partial charge in [0.15, 0.2) is 9.84 Å². The molecule has 0 aliphatic heterocycles. The van der Waals surface area contributed by atoms with Crippen LogP contribution >= 0.6 is 11.6 Å². The molecule has 1 amide bonds. The third kappa shape index (κ3) is 7.09. The van der Waals surface area contributed by atoms with Crippen LogP contribution in [-0.2, 0) is 29.0 Å². The van der Waals surface area contributed by atoms with E-state index in [1.165, 1.54) is 36.4 Å². The van der Waals surface area contributed by atoms with Crippen molar-refractivity contribution in [2.75, 3.05) is 13.3 Å². The van der Waals surface area contributed by atoms with Crippen molar-refractivity contribution in [3.05, 3.63) is 99.7 Å². The third-order valence-corrected chi connectivity index (χ3v) is 9.88. The Hall–Kier alpha value is -3.09. The predicted octanol–water partition coefficient (Wildman–Crippen LogP) is 3.68. The number of amides is 1. The van der Waals surface area contributed by atoms with Crippen LogP contribution in [-0.4, -0.2) is 81.1 Å². The van der Waals surface area contributed by atoms with Gasteiger partial charge in [0.1, 0.15) is 6.67 Å². The van der Waals surface area contributed by atoms with Gasteiger partial charge in [0.2, 0.25) is 0 Å². The predicted molar refractivity (Wildman–Crippen MR) is 172 cm³/mol. The highest BCUT2D eigenvalue weighted by Gasteiger charge is 2.42. The second kappa shape index (κ2) is 13.2. The summed E-state index contributed by atoms with van der Waals surface area (Å²) in [5, 5.41) is 10.5. The Kier molecular flexibility index (Phi) is 10.3. The number of hydrogen-bond donors (Lipinski definition) is 2. The number of aliphatic hydroxyl groups excluding tert-OH is 1. The van der Waals surface area contributed by atoms with Gasteiger partial charge < -0.3 is 15.0 Å². The summed E-state index contributed by atoms with van der Waals surface area (Å²) in [6.45, 7) is -1.49. The largest absolute Gasteiger partial charge is 0.416 e. The van der Waals surface area contributed by atoms with Gasteiger partial charge >= 0.3 is 6.18 Å². The van der Waals surface area contributed by atoms with Crippen LogP contribution in [0.15, 0.2) is 71.6 Å². The molecule has 0 bridgehead atoms. The van der Waals surface area contributed by atoms with Gasteiger partial charge in [-0.2, -0.15) is 13.2 Å². The monoisotopic (exact) mass is 660 g/mol. The summed E-state index contributed by atoms with van der Waals surface area (Å²) in [7, 11) is 23.1. The van der Waals surface area contributed by atoms with E-state index < -0.39 is 56.5 Å². The van der Waals surface area contributed by atoms with E-state index in [2.05, 4.69) is 5.32 Å². The summed E-state index contributed by atoms with van der Waals surface area (Å²) in [5.41, 5.74) is 0.368. The van der Waals surface area contributed by atoms with Crippen LogP contribution in [0.2, 0.25) is 10.1 Å². The lowest BCUT2D eigenvalue weighted by molar-refractivity contribution is -0.138. The minimum absolute atomic E-state index is 0.0561. The maximum Gasteiger partial charge on any atom is 0.416 e. The first-order valence-corrected chi connectivity index (χ1v) is 15.4. The molecule has 0 aliphatic rings. The number of carbonyl (C=O) groups is 1. The molecule has 3 aromatic carbocycles. The van der Waals surface area contributed by atoms with Gasteiger partial charge in [0, 0.05) is 33.6 Å². The topological polar surface area (TPSA) is 88.4 Å². The zero-order valence-corrected chi connectivity index (χ0v) is 25.6. The second-order valence-electron chi connectivity index (χ2n) is 10.7. The normalized spacial score (nSPS) is 13.5. The molecule has 4 rings (SSSR count). The van der Waals surface area contributed by atoms with E-state index in [9.17, 15) is 35.9 Å². The van der Waals surface area contributed by atoms with Gasteiger partial charge in [-0.15, -0.1) is 5.11 Å². The van der Waals surface area contributed by atoms with Crippen LogP contribution in [0.5, 0.6) is 0 Å². The Morgan fingerprint density at radius 1 is 0.957 bits per heavy atom. The number of alkyl halides is 4. The number of sulfone groups is 1. The molecule has 0 spiro atoms. The molecule has 2 N–H and O–H groups in total. The molecule has 10 radical (unpaired) electrons. The lowest BCUT2D eigenvalue weighted by atomic mass is 9.30. The summed E-state index contributed by atoms with van der Waals surface area (Å²) < 4.78 is 79.2. The average molecular weight is 660 g/mol. The van der Waals surface area contributed by atoms with Crippen LogP contribution in [0.3, 0.4) is 0 Å². The third-order valence-electron chi connectivity index (χ3n) is 7.51. The fourth-order valence-electron chi connectivity index (χ4n) is 4.91. The number of aryl methyl sites for hydroxylation is 1. The fourth-order valence-corrected chi connectivity index (χ4v) is 6.43. The Labute approximate surface area is 275 Å². The molecule has 228 valence electrons. The van der Waals surface area contributed by atoms with E-state index in [-0.39, 0.29) is 34.0 Å². The van der Waals surface area contributed by atoms with Crippen molar-refractivity contribution in [2.45, 2.75) is 39.7 Å². The van der Waals surface area contributed by atoms with Crippen molar-refractivity contribution in [1.29, 1.82) is 0 Å². The van der Waals surface area contributed by atoms with Crippen molar-refractivity contribution in [2.24, 2.45) is 0 Å². The maximum atomic E-state index is 13.7. The van der Waals surface area contributed by atoms with Gasteiger partial charge in [-0.1, -0.05) is 29.8 Å². The van der Waals surface area contributed by atoms with Gasteiger partial charge in [-0.05, 0) is 64.2 Å². The quantitative estimate of drug-likeness (QED) is 0.190. The van der Waals surface area contributed by atoms with Gasteiger partial charge in [-0.3, -0.25) is 4.79 Å². The Balaban J connectivity index is 1.60. The van der Waals surface area contributed by atoms with E-state index >= 15 is 0 Å². The number of rotatable bonds is 11. The number of fused-ring (bicyclic) bond motifs is 1. The van der Waals surface area contributed by atoms with Crippen molar-refractivity contribution in [1.82, 2.24) is 9.88 Å². The van der Waals surface area contributed by atoms with Crippen LogP contribution in [0.4, 0.5) is 17.6 Å². The van der Waals surface area contributed by atoms with Gasteiger partial charge in [0.25, 0.3) is 5.91 Å². The van der Waals surface area contributed by atoms with Gasteiger partial charge in [-0.25, -0.2) is 12.8 Å². The van der Waals surface area contributed by atoms with Crippen LogP contribution in [0.1, 0.15) is 38.8 Å². The lowest BCUT2D eigenvalue weighted by Crippen LogP contribution is -2.52. The molecule has 46 heavy (non-hydrogen) atoms. The molecule has 0 saturated heterocycles. The number of aliphatic hydroxyl groups is 1. The molecule has 6 nitrogen and oxygen atoms in total. The Morgan fingerprint density at radius 2 is 1.61 bits per heavy atom. The average Bonchev–Trinajstić information content (AvgIpc) is 3.31. The number of aromatic nitrogens is 1. The molecule has 1 atom stereocenters. The van der Waals surface area contributed by atoms with E-state index in [4.69, 9.17) is 50.8 Å². The summed E-state index contributed by atoms with van der Waals surface area (Å²) in [4.78, 5) is 12.8. The molecule has 1 heterocycles. The Bertz CT molecular complexity index is 1860. The van der Waals surface area contributed by atoms with Gasteiger partial charge in [0.05, 0.1) is 68.9 Å². The molecule has 0 aliphatic carbocycles. The number of benzene rings is 3. The number of hydrogen-bond acceptors (Lipinski definition) is 4. The minimum atomic E-state index is -4.66. The standard InChI is InChI=1S/C29H22B5ClF4N2O4S/c30-28(31,32)29(33,34)46(44,45)22-6-2-16(3-7-22)24(15-42)40-26(43)18-4-8-25-19(11-18)13-21(41(25)10-9-36)12-17-1-5-20(35)14-23(17)27(37,38)39/h1-8,11,13-14,24,42H,9-10,12,15H2,(H,40,43)/t24-/m0/s1. The minimum Gasteiger partial charge on any atom is -0.394 e. The van der Waals surface area contributed by atoms with E-state index in [1.807, 2.05) is 0 Å². The molecule has 0 fully saturated rings. The second-order valence-corrected chi connectivity index (χ2v) is 13.3. The zero-order chi connectivity index (χ0) is 34.2. The number of nitrogens with zero attached hydrogens (tertiary/aromatic N) is 1. The molecule has 0 unspecified atom stereocenters. The first-order chi connectivity index (χ1) is 21.3. The van der Waals surface area contributed by atoms with Crippen molar-refractivity contribution in [3.63, 3.8) is 0 Å². The van der Waals surface area contributed by atoms with Crippen LogP contribution < -0.4 is 5.32 Å². The number of halogens is 5. The highest BCUT2D eigenvalue weighted by molar-refractivity contribution is 7.95. The van der Waals surface area contributed by atoms with Crippen molar-refractivity contribution < 1.29 is 35.9 Å². The highest BCUT2D eigenvalue weighted by Crippen LogP contribution is 2.37. The summed E-state index contributed by atoms with van der Waals surface area (Å²) in [5.74, 6) is -0.628. The zero-order valence-electron chi connectivity index (χ0n) is 24.1. The maximum absolute atomic E-state index is 13.7. The first-order valence-electron chi connectivity index (χ1n) is 13.6. The smallest absolute Gasteiger partial charge is 0.394 e. The SMILES string of the molecule is [B]C([B])([B])C([B])([B])S(=O)(=O)c1ccc([C@H](CO)NC(=O)c2ccc3c(c2)cc(Cc2ccc(Cl)cc2C(F)(F)F)n3CCF)cc1. The molecular formula is C29H22B5ClF4N2O4S. The summed E-state index contributed by atoms with van der Waals surface area (Å²) in [6.07, 6.45) is -4.84. The fraction of sp³-hybridized carbons (Fsp3) is 0.276. The summed E-state index contributed by atoms with van der Waals surface area (Å²) in [6, 6.07) is 13.4. The molecule has 17 heteroatoms. The Morgan fingerprint density at radius 3 is 2.17 bits per heavy atom. The molecule has 0 saturated carbocycles. The van der Waals surface area contributed by atoms with E-state index in [0.717, 1.165) is 18.2 Å².